The quantitative estimate of drug-likeness (QED) is 0.660. The minimum Gasteiger partial charge on any atom is -0.508 e. The smallest absolute Gasteiger partial charge is 0.246 e. The van der Waals surface area contributed by atoms with Crippen molar-refractivity contribution in [3.05, 3.63) is 45.9 Å². The van der Waals surface area contributed by atoms with Crippen LogP contribution < -0.4 is 5.43 Å². The molecule has 1 heterocycles. The number of aryl methyl sites for hydroxylation is 1. The van der Waals surface area contributed by atoms with Gasteiger partial charge in [0.05, 0.1) is 12.6 Å². The lowest BCUT2D eigenvalue weighted by atomic mass is 10.2. The van der Waals surface area contributed by atoms with Crippen LogP contribution >= 0.6 is 11.3 Å². The average molecular weight is 275 g/mol. The number of phenols is 1. The van der Waals surface area contributed by atoms with E-state index in [1.165, 1.54) is 17.6 Å². The van der Waals surface area contributed by atoms with Gasteiger partial charge in [-0.25, -0.2) is 10.4 Å². The van der Waals surface area contributed by atoms with Crippen LogP contribution in [0.5, 0.6) is 5.75 Å². The Balaban J connectivity index is 1.86. The molecule has 1 aromatic carbocycles. The second-order valence-corrected chi connectivity index (χ2v) is 4.89. The minimum absolute atomic E-state index is 0.161. The third-order valence-electron chi connectivity index (χ3n) is 2.25. The van der Waals surface area contributed by atoms with Crippen molar-refractivity contribution in [2.24, 2.45) is 5.10 Å². The molecule has 5 nitrogen and oxygen atoms in total. The molecule has 0 fully saturated rings. The van der Waals surface area contributed by atoms with Gasteiger partial charge < -0.3 is 5.11 Å². The fourth-order valence-corrected chi connectivity index (χ4v) is 2.22. The molecule has 19 heavy (non-hydrogen) atoms. The summed E-state index contributed by atoms with van der Waals surface area (Å²) < 4.78 is 0. The third-order valence-corrected chi connectivity index (χ3v) is 3.22. The Morgan fingerprint density at radius 2 is 2.42 bits per heavy atom. The van der Waals surface area contributed by atoms with Crippen LogP contribution in [0.4, 0.5) is 0 Å². The van der Waals surface area contributed by atoms with E-state index in [-0.39, 0.29) is 18.1 Å². The molecule has 0 aliphatic heterocycles. The summed E-state index contributed by atoms with van der Waals surface area (Å²) >= 11 is 1.45. The van der Waals surface area contributed by atoms with Crippen LogP contribution in [0.1, 0.15) is 16.3 Å². The van der Waals surface area contributed by atoms with Gasteiger partial charge in [0.1, 0.15) is 10.8 Å². The van der Waals surface area contributed by atoms with E-state index >= 15 is 0 Å². The topological polar surface area (TPSA) is 74.6 Å². The monoisotopic (exact) mass is 275 g/mol. The van der Waals surface area contributed by atoms with Crippen molar-refractivity contribution in [2.45, 2.75) is 13.3 Å². The molecular formula is C13H13N3O2S. The van der Waals surface area contributed by atoms with Crippen LogP contribution in [0.15, 0.2) is 34.7 Å². The van der Waals surface area contributed by atoms with E-state index in [1.54, 1.807) is 24.3 Å². The van der Waals surface area contributed by atoms with E-state index in [2.05, 4.69) is 15.5 Å². The summed E-state index contributed by atoms with van der Waals surface area (Å²) in [6.45, 7) is 1.89. The predicted molar refractivity (Wildman–Crippen MR) is 74.4 cm³/mol. The van der Waals surface area contributed by atoms with E-state index in [4.69, 9.17) is 0 Å². The Morgan fingerprint density at radius 3 is 3.11 bits per heavy atom. The first-order chi connectivity index (χ1) is 9.13. The molecule has 98 valence electrons. The number of phenolic OH excluding ortho intramolecular Hbond substituents is 1. The molecule has 0 bridgehead atoms. The minimum atomic E-state index is -0.217. The molecule has 0 aliphatic rings. The second kappa shape index (κ2) is 6.10. The van der Waals surface area contributed by atoms with Gasteiger partial charge in [-0.3, -0.25) is 4.79 Å². The van der Waals surface area contributed by atoms with Crippen molar-refractivity contribution in [1.29, 1.82) is 0 Å². The van der Waals surface area contributed by atoms with Gasteiger partial charge in [0.15, 0.2) is 0 Å². The van der Waals surface area contributed by atoms with Gasteiger partial charge in [0.25, 0.3) is 0 Å². The molecule has 0 spiro atoms. The van der Waals surface area contributed by atoms with Crippen molar-refractivity contribution in [3.8, 4) is 5.75 Å². The summed E-state index contributed by atoms with van der Waals surface area (Å²) in [5.41, 5.74) is 4.05. The SMILES string of the molecule is Cc1csc(CC(=O)N/N=C\c2cccc(O)c2)n1. The predicted octanol–water partition coefficient (Wildman–Crippen LogP) is 1.85. The summed E-state index contributed by atoms with van der Waals surface area (Å²) in [7, 11) is 0. The molecule has 2 aromatic rings. The molecule has 1 aromatic heterocycles. The van der Waals surface area contributed by atoms with E-state index in [9.17, 15) is 9.90 Å². The second-order valence-electron chi connectivity index (χ2n) is 3.95. The maximum Gasteiger partial charge on any atom is 0.246 e. The normalized spacial score (nSPS) is 10.8. The van der Waals surface area contributed by atoms with Crippen LogP contribution in [0.2, 0.25) is 0 Å². The highest BCUT2D eigenvalue weighted by atomic mass is 32.1. The molecule has 0 unspecified atom stereocenters. The maximum atomic E-state index is 11.6. The van der Waals surface area contributed by atoms with Crippen molar-refractivity contribution in [1.82, 2.24) is 10.4 Å². The Labute approximate surface area is 114 Å². The van der Waals surface area contributed by atoms with Gasteiger partial charge in [-0.05, 0) is 24.6 Å². The molecule has 0 atom stereocenters. The van der Waals surface area contributed by atoms with Gasteiger partial charge >= 0.3 is 0 Å². The fraction of sp³-hybridized carbons (Fsp3) is 0.154. The van der Waals surface area contributed by atoms with Crippen LogP contribution in [0.3, 0.4) is 0 Å². The summed E-state index contributed by atoms with van der Waals surface area (Å²) in [5.74, 6) is -0.0562. The summed E-state index contributed by atoms with van der Waals surface area (Å²) in [6, 6.07) is 6.61. The zero-order valence-electron chi connectivity index (χ0n) is 10.3. The average Bonchev–Trinajstić information content (AvgIpc) is 2.75. The lowest BCUT2D eigenvalue weighted by Gasteiger charge is -1.97. The number of hydrogen-bond acceptors (Lipinski definition) is 5. The number of rotatable bonds is 4. The number of thiazole rings is 1. The maximum absolute atomic E-state index is 11.6. The fourth-order valence-electron chi connectivity index (χ4n) is 1.44. The number of nitrogens with zero attached hydrogens (tertiary/aromatic N) is 2. The number of benzene rings is 1. The highest BCUT2D eigenvalue weighted by molar-refractivity contribution is 7.09. The van der Waals surface area contributed by atoms with E-state index < -0.39 is 0 Å². The van der Waals surface area contributed by atoms with Crippen molar-refractivity contribution in [2.75, 3.05) is 0 Å². The van der Waals surface area contributed by atoms with Gasteiger partial charge in [0, 0.05) is 11.1 Å². The molecule has 0 saturated heterocycles. The van der Waals surface area contributed by atoms with Crippen LogP contribution in [-0.2, 0) is 11.2 Å². The van der Waals surface area contributed by atoms with Crippen LogP contribution in [0, 0.1) is 6.92 Å². The number of carbonyl (C=O) groups is 1. The highest BCUT2D eigenvalue weighted by Crippen LogP contribution is 2.09. The summed E-state index contributed by atoms with van der Waals surface area (Å²) in [4.78, 5) is 15.8. The Hall–Kier alpha value is -2.21. The first kappa shape index (κ1) is 13.2. The summed E-state index contributed by atoms with van der Waals surface area (Å²) in [5, 5.41) is 15.8. The van der Waals surface area contributed by atoms with Crippen LogP contribution in [-0.4, -0.2) is 22.2 Å². The van der Waals surface area contributed by atoms with Crippen molar-refractivity contribution < 1.29 is 9.90 Å². The molecule has 2 rings (SSSR count). The van der Waals surface area contributed by atoms with Crippen molar-refractivity contribution >= 4 is 23.5 Å². The van der Waals surface area contributed by atoms with Gasteiger partial charge in [-0.1, -0.05) is 12.1 Å². The number of aromatic hydroxyl groups is 1. The van der Waals surface area contributed by atoms with E-state index in [0.29, 0.717) is 5.56 Å². The number of nitrogens with one attached hydrogen (secondary N) is 1. The van der Waals surface area contributed by atoms with Crippen LogP contribution in [0.25, 0.3) is 0 Å². The number of hydrazone groups is 1. The standard InChI is InChI=1S/C13H13N3O2S/c1-9-8-19-13(15-9)6-12(18)16-14-7-10-3-2-4-11(17)5-10/h2-5,7-8,17H,6H2,1H3,(H,16,18)/b14-7-. The van der Waals surface area contributed by atoms with E-state index in [0.717, 1.165) is 10.7 Å². The Kier molecular flexibility index (Phi) is 4.25. The third kappa shape index (κ3) is 4.18. The molecule has 0 saturated carbocycles. The molecule has 2 N–H and O–H groups in total. The molecule has 0 radical (unpaired) electrons. The number of aromatic nitrogens is 1. The molecule has 6 heteroatoms. The lowest BCUT2D eigenvalue weighted by Crippen LogP contribution is -2.19. The zero-order valence-corrected chi connectivity index (χ0v) is 11.1. The van der Waals surface area contributed by atoms with Gasteiger partial charge in [-0.15, -0.1) is 11.3 Å². The molecule has 1 amide bonds. The zero-order chi connectivity index (χ0) is 13.7. The van der Waals surface area contributed by atoms with Gasteiger partial charge in [-0.2, -0.15) is 5.10 Å². The molecule has 0 aliphatic carbocycles. The molecular weight excluding hydrogens is 262 g/mol. The Morgan fingerprint density at radius 1 is 1.58 bits per heavy atom. The van der Waals surface area contributed by atoms with E-state index in [1.807, 2.05) is 12.3 Å². The first-order valence-corrected chi connectivity index (χ1v) is 6.53. The van der Waals surface area contributed by atoms with Gasteiger partial charge in [0.2, 0.25) is 5.91 Å². The number of carbonyl (C=O) groups excluding carboxylic acids is 1. The largest absolute Gasteiger partial charge is 0.508 e. The first-order valence-electron chi connectivity index (χ1n) is 5.65. The Bertz CT molecular complexity index is 607. The highest BCUT2D eigenvalue weighted by Gasteiger charge is 2.05. The number of amides is 1. The van der Waals surface area contributed by atoms with Crippen molar-refractivity contribution in [3.63, 3.8) is 0 Å². The number of hydrogen-bond donors (Lipinski definition) is 2. The summed E-state index contributed by atoms with van der Waals surface area (Å²) in [6.07, 6.45) is 1.70. The lowest BCUT2D eigenvalue weighted by molar-refractivity contribution is -0.120.